The van der Waals surface area contributed by atoms with Gasteiger partial charge in [-0.15, -0.1) is 0 Å². The van der Waals surface area contributed by atoms with Gasteiger partial charge in [-0.2, -0.15) is 0 Å². The van der Waals surface area contributed by atoms with E-state index in [0.717, 1.165) is 35.4 Å². The molecule has 120 valence electrons. The summed E-state index contributed by atoms with van der Waals surface area (Å²) in [5.74, 6) is 1.32. The van der Waals surface area contributed by atoms with Gasteiger partial charge in [0.15, 0.2) is 0 Å². The molecule has 0 spiro atoms. The van der Waals surface area contributed by atoms with Crippen LogP contribution in [0.25, 0.3) is 10.9 Å². The van der Waals surface area contributed by atoms with Gasteiger partial charge in [-0.3, -0.25) is 4.98 Å². The van der Waals surface area contributed by atoms with Crippen molar-refractivity contribution in [2.45, 2.75) is 46.6 Å². The number of nitrogens with one attached hydrogen (secondary N) is 1. The van der Waals surface area contributed by atoms with Crippen LogP contribution in [0.15, 0.2) is 36.9 Å². The molecule has 0 aromatic carbocycles. The first-order valence-corrected chi connectivity index (χ1v) is 8.27. The molecule has 0 saturated heterocycles. The van der Waals surface area contributed by atoms with Crippen molar-refractivity contribution in [3.63, 3.8) is 0 Å². The summed E-state index contributed by atoms with van der Waals surface area (Å²) in [6.45, 7) is 9.68. The molecular formula is C19H24N4. The van der Waals surface area contributed by atoms with Gasteiger partial charge in [-0.25, -0.2) is 4.98 Å². The van der Waals surface area contributed by atoms with Crippen LogP contribution < -0.4 is 5.32 Å². The summed E-state index contributed by atoms with van der Waals surface area (Å²) in [6.07, 6.45) is 8.99. The van der Waals surface area contributed by atoms with Crippen molar-refractivity contribution in [2.75, 3.05) is 5.32 Å². The van der Waals surface area contributed by atoms with Crippen LogP contribution in [0, 0.1) is 6.92 Å². The summed E-state index contributed by atoms with van der Waals surface area (Å²) in [4.78, 5) is 8.91. The van der Waals surface area contributed by atoms with Crippen LogP contribution in [0.3, 0.4) is 0 Å². The molecule has 0 radical (unpaired) electrons. The molecule has 0 amide bonds. The summed E-state index contributed by atoms with van der Waals surface area (Å²) < 4.78 is 2.28. The summed E-state index contributed by atoms with van der Waals surface area (Å²) >= 11 is 0. The van der Waals surface area contributed by atoms with E-state index < -0.39 is 0 Å². The molecule has 1 N–H and O–H groups in total. The Bertz CT molecular complexity index is 817. The standard InChI is InChI=1S/C19H24N4/c1-5-9-23-10-7-15-17(23)6-8-21-19(15)22-18-14(4)11-20-12-16(18)13(2)3/h6-8,10-13H,5,9H2,1-4H3,(H,20,21,22). The Morgan fingerprint density at radius 2 is 2.04 bits per heavy atom. The number of nitrogens with zero attached hydrogens (tertiary/aromatic N) is 3. The summed E-state index contributed by atoms with van der Waals surface area (Å²) in [5.41, 5.74) is 4.71. The van der Waals surface area contributed by atoms with E-state index in [1.165, 1.54) is 11.1 Å². The highest BCUT2D eigenvalue weighted by molar-refractivity contribution is 5.92. The second-order valence-corrected chi connectivity index (χ2v) is 6.30. The third-order valence-electron chi connectivity index (χ3n) is 4.19. The average molecular weight is 308 g/mol. The largest absolute Gasteiger partial charge is 0.347 e. The summed E-state index contributed by atoms with van der Waals surface area (Å²) in [7, 11) is 0. The lowest BCUT2D eigenvalue weighted by molar-refractivity contribution is 0.703. The second kappa shape index (κ2) is 6.41. The monoisotopic (exact) mass is 308 g/mol. The van der Waals surface area contributed by atoms with Crippen molar-refractivity contribution in [1.29, 1.82) is 0 Å². The fourth-order valence-electron chi connectivity index (χ4n) is 2.97. The number of aryl methyl sites for hydroxylation is 2. The van der Waals surface area contributed by atoms with E-state index in [1.807, 2.05) is 18.6 Å². The number of fused-ring (bicyclic) bond motifs is 1. The van der Waals surface area contributed by atoms with E-state index in [2.05, 4.69) is 65.9 Å². The van der Waals surface area contributed by atoms with Gasteiger partial charge in [0.25, 0.3) is 0 Å². The van der Waals surface area contributed by atoms with Gasteiger partial charge in [0.1, 0.15) is 5.82 Å². The Balaban J connectivity index is 2.06. The molecule has 0 aliphatic rings. The highest BCUT2D eigenvalue weighted by Crippen LogP contribution is 2.31. The molecule has 3 aromatic rings. The molecule has 0 fully saturated rings. The molecule has 23 heavy (non-hydrogen) atoms. The third-order valence-corrected chi connectivity index (χ3v) is 4.19. The minimum Gasteiger partial charge on any atom is -0.347 e. The van der Waals surface area contributed by atoms with Gasteiger partial charge >= 0.3 is 0 Å². The number of rotatable bonds is 5. The van der Waals surface area contributed by atoms with E-state index in [-0.39, 0.29) is 0 Å². The Morgan fingerprint density at radius 1 is 1.22 bits per heavy atom. The number of hydrogen-bond donors (Lipinski definition) is 1. The fourth-order valence-corrected chi connectivity index (χ4v) is 2.97. The molecule has 0 aliphatic heterocycles. The lowest BCUT2D eigenvalue weighted by atomic mass is 10.0. The van der Waals surface area contributed by atoms with Gasteiger partial charge in [0.2, 0.25) is 0 Å². The SMILES string of the molecule is CCCn1ccc2c(Nc3c(C)cncc3C(C)C)nccc21. The van der Waals surface area contributed by atoms with Crippen LogP contribution in [-0.4, -0.2) is 14.5 Å². The molecule has 3 heterocycles. The van der Waals surface area contributed by atoms with Crippen LogP contribution in [-0.2, 0) is 6.54 Å². The van der Waals surface area contributed by atoms with Gasteiger partial charge < -0.3 is 9.88 Å². The van der Waals surface area contributed by atoms with Crippen molar-refractivity contribution in [3.05, 3.63) is 48.0 Å². The summed E-state index contributed by atoms with van der Waals surface area (Å²) in [6, 6.07) is 4.23. The molecule has 3 aromatic heterocycles. The zero-order chi connectivity index (χ0) is 16.4. The van der Waals surface area contributed by atoms with Crippen LogP contribution in [0.2, 0.25) is 0 Å². The molecule has 0 unspecified atom stereocenters. The highest BCUT2D eigenvalue weighted by atomic mass is 15.0. The van der Waals surface area contributed by atoms with Crippen LogP contribution in [0.5, 0.6) is 0 Å². The van der Waals surface area contributed by atoms with Gasteiger partial charge in [0.05, 0.1) is 5.52 Å². The third kappa shape index (κ3) is 2.93. The molecule has 3 rings (SSSR count). The van der Waals surface area contributed by atoms with E-state index >= 15 is 0 Å². The Kier molecular flexibility index (Phi) is 4.33. The van der Waals surface area contributed by atoms with E-state index in [1.54, 1.807) is 0 Å². The van der Waals surface area contributed by atoms with Crippen LogP contribution in [0.4, 0.5) is 11.5 Å². The van der Waals surface area contributed by atoms with E-state index in [0.29, 0.717) is 5.92 Å². The van der Waals surface area contributed by atoms with E-state index in [4.69, 9.17) is 0 Å². The molecule has 0 atom stereocenters. The quantitative estimate of drug-likeness (QED) is 0.720. The zero-order valence-electron chi connectivity index (χ0n) is 14.3. The van der Waals surface area contributed by atoms with Gasteiger partial charge in [-0.05, 0) is 42.5 Å². The maximum atomic E-state index is 4.57. The number of hydrogen-bond acceptors (Lipinski definition) is 3. The first kappa shape index (κ1) is 15.5. The minimum atomic E-state index is 0.411. The zero-order valence-corrected chi connectivity index (χ0v) is 14.3. The second-order valence-electron chi connectivity index (χ2n) is 6.30. The van der Waals surface area contributed by atoms with Crippen LogP contribution >= 0.6 is 0 Å². The Hall–Kier alpha value is -2.36. The minimum absolute atomic E-state index is 0.411. The lowest BCUT2D eigenvalue weighted by Crippen LogP contribution is -2.03. The first-order valence-electron chi connectivity index (χ1n) is 8.27. The van der Waals surface area contributed by atoms with Crippen molar-refractivity contribution < 1.29 is 0 Å². The predicted octanol–water partition coefficient (Wildman–Crippen LogP) is 5.02. The normalized spacial score (nSPS) is 11.3. The van der Waals surface area contributed by atoms with Crippen molar-refractivity contribution in [1.82, 2.24) is 14.5 Å². The predicted molar refractivity (Wildman–Crippen MR) is 96.4 cm³/mol. The van der Waals surface area contributed by atoms with Gasteiger partial charge in [0, 0.05) is 42.4 Å². The maximum Gasteiger partial charge on any atom is 0.139 e. The van der Waals surface area contributed by atoms with Crippen LogP contribution in [0.1, 0.15) is 44.2 Å². The average Bonchev–Trinajstić information content (AvgIpc) is 2.94. The molecule has 0 bridgehead atoms. The molecule has 0 saturated carbocycles. The number of pyridine rings is 2. The van der Waals surface area contributed by atoms with E-state index in [9.17, 15) is 0 Å². The van der Waals surface area contributed by atoms with Gasteiger partial charge in [-0.1, -0.05) is 20.8 Å². The molecular weight excluding hydrogens is 284 g/mol. The number of aromatic nitrogens is 3. The van der Waals surface area contributed by atoms with Crippen molar-refractivity contribution in [3.8, 4) is 0 Å². The fraction of sp³-hybridized carbons (Fsp3) is 0.368. The highest BCUT2D eigenvalue weighted by Gasteiger charge is 2.13. The Labute approximate surface area is 137 Å². The maximum absolute atomic E-state index is 4.57. The summed E-state index contributed by atoms with van der Waals surface area (Å²) in [5, 5.41) is 4.72. The molecule has 4 heteroatoms. The topological polar surface area (TPSA) is 42.7 Å². The molecule has 0 aliphatic carbocycles. The molecule has 4 nitrogen and oxygen atoms in total. The Morgan fingerprint density at radius 3 is 2.78 bits per heavy atom. The van der Waals surface area contributed by atoms with Crippen molar-refractivity contribution >= 4 is 22.4 Å². The lowest BCUT2D eigenvalue weighted by Gasteiger charge is -2.16. The number of anilines is 2. The smallest absolute Gasteiger partial charge is 0.139 e. The first-order chi connectivity index (χ1) is 11.1. The van der Waals surface area contributed by atoms with Crippen molar-refractivity contribution in [2.24, 2.45) is 0 Å².